The highest BCUT2D eigenvalue weighted by Crippen LogP contribution is 2.41. The number of aromatic nitrogens is 2. The lowest BCUT2D eigenvalue weighted by atomic mass is 9.94. The fourth-order valence-corrected chi connectivity index (χ4v) is 10.0. The highest BCUT2D eigenvalue weighted by molar-refractivity contribution is 6.26. The fourth-order valence-electron chi connectivity index (χ4n) is 10.0. The summed E-state index contributed by atoms with van der Waals surface area (Å²) >= 11 is 0. The maximum absolute atomic E-state index is 2.44. The van der Waals surface area contributed by atoms with Crippen LogP contribution in [0.3, 0.4) is 0 Å². The first kappa shape index (κ1) is 31.5. The molecule has 0 bridgehead atoms. The van der Waals surface area contributed by atoms with E-state index in [-0.39, 0.29) is 0 Å². The Morgan fingerprint density at radius 3 is 1.38 bits per heavy atom. The molecule has 268 valence electrons. The van der Waals surface area contributed by atoms with Gasteiger partial charge in [-0.05, 0) is 132 Å². The minimum absolute atomic E-state index is 1.17. The van der Waals surface area contributed by atoms with Crippen LogP contribution in [-0.4, -0.2) is 9.13 Å². The molecule has 13 rings (SSSR count). The van der Waals surface area contributed by atoms with E-state index in [1.807, 2.05) is 0 Å². The largest absolute Gasteiger partial charge is 0.309 e. The monoisotopic (exact) mass is 734 g/mol. The molecule has 0 spiro atoms. The summed E-state index contributed by atoms with van der Waals surface area (Å²) in [4.78, 5) is 0. The Kier molecular flexibility index (Phi) is 6.47. The molecule has 0 aliphatic rings. The molecule has 2 heterocycles. The van der Waals surface area contributed by atoms with Crippen LogP contribution in [-0.2, 0) is 0 Å². The molecule has 0 saturated heterocycles. The van der Waals surface area contributed by atoms with Crippen LogP contribution in [0.2, 0.25) is 0 Å². The summed E-state index contributed by atoms with van der Waals surface area (Å²) in [6.07, 6.45) is 0. The number of hydrogen-bond donors (Lipinski definition) is 0. The van der Waals surface area contributed by atoms with Gasteiger partial charge in [0.1, 0.15) is 0 Å². The normalized spacial score (nSPS) is 12.1. The molecule has 0 unspecified atom stereocenters. The molecule has 0 aliphatic heterocycles. The minimum atomic E-state index is 1.17. The van der Waals surface area contributed by atoms with E-state index in [2.05, 4.69) is 215 Å². The van der Waals surface area contributed by atoms with E-state index >= 15 is 0 Å². The predicted molar refractivity (Wildman–Crippen MR) is 248 cm³/mol. The predicted octanol–water partition coefficient (Wildman–Crippen LogP) is 15.3. The lowest BCUT2D eigenvalue weighted by Crippen LogP contribution is -1.94. The van der Waals surface area contributed by atoms with Crippen molar-refractivity contribution in [1.82, 2.24) is 9.13 Å². The molecule has 2 aromatic heterocycles. The van der Waals surface area contributed by atoms with Crippen LogP contribution < -0.4 is 0 Å². The Morgan fingerprint density at radius 2 is 0.690 bits per heavy atom. The Bertz CT molecular complexity index is 3810. The first-order chi connectivity index (χ1) is 28.8. The average Bonchev–Trinajstić information content (AvgIpc) is 3.80. The smallest absolute Gasteiger partial charge is 0.0547 e. The Balaban J connectivity index is 0.975. The standard InChI is InChI=1S/C56H34N2/c1-2-12-39(13-3-1)57-53-20-10-9-19-48(53)52-32-38-23-22-37-30-35(24-27-41(37)49(38)34-56(52)57)36-25-29-55-51(31-36)47-18-8-11-21-54(47)58(55)40-26-28-46-44-16-5-4-14-42(44)43-15-6-7-17-45(43)50(46)33-40/h1-34H. The van der Waals surface area contributed by atoms with Crippen molar-refractivity contribution < 1.29 is 0 Å². The zero-order valence-corrected chi connectivity index (χ0v) is 31.5. The molecule has 11 aromatic carbocycles. The molecule has 2 nitrogen and oxygen atoms in total. The number of fused-ring (bicyclic) bond motifs is 15. The number of benzene rings is 11. The van der Waals surface area contributed by atoms with E-state index in [9.17, 15) is 0 Å². The van der Waals surface area contributed by atoms with E-state index in [0.29, 0.717) is 0 Å². The van der Waals surface area contributed by atoms with Gasteiger partial charge in [-0.25, -0.2) is 0 Å². The van der Waals surface area contributed by atoms with E-state index in [4.69, 9.17) is 0 Å². The van der Waals surface area contributed by atoms with Gasteiger partial charge in [-0.1, -0.05) is 140 Å². The highest BCUT2D eigenvalue weighted by Gasteiger charge is 2.17. The van der Waals surface area contributed by atoms with Crippen molar-refractivity contribution in [1.29, 1.82) is 0 Å². The van der Waals surface area contributed by atoms with Gasteiger partial charge in [0.15, 0.2) is 0 Å². The maximum Gasteiger partial charge on any atom is 0.0547 e. The van der Waals surface area contributed by atoms with Crippen LogP contribution >= 0.6 is 0 Å². The minimum Gasteiger partial charge on any atom is -0.309 e. The van der Waals surface area contributed by atoms with Crippen molar-refractivity contribution in [3.8, 4) is 22.5 Å². The van der Waals surface area contributed by atoms with Crippen molar-refractivity contribution in [2.45, 2.75) is 0 Å². The van der Waals surface area contributed by atoms with Crippen molar-refractivity contribution in [2.75, 3.05) is 0 Å². The van der Waals surface area contributed by atoms with E-state index in [0.717, 1.165) is 0 Å². The summed E-state index contributed by atoms with van der Waals surface area (Å²) < 4.78 is 4.85. The third kappa shape index (κ3) is 4.43. The highest BCUT2D eigenvalue weighted by atomic mass is 15.0. The molecule has 0 N–H and O–H groups in total. The number of hydrogen-bond acceptors (Lipinski definition) is 0. The van der Waals surface area contributed by atoms with Crippen LogP contribution in [0.25, 0.3) is 120 Å². The van der Waals surface area contributed by atoms with E-state index in [1.54, 1.807) is 0 Å². The van der Waals surface area contributed by atoms with Gasteiger partial charge in [-0.3, -0.25) is 0 Å². The molecule has 2 heteroatoms. The molecule has 0 amide bonds. The fraction of sp³-hybridized carbons (Fsp3) is 0. The van der Waals surface area contributed by atoms with Gasteiger partial charge >= 0.3 is 0 Å². The Labute approximate surface area is 334 Å². The average molecular weight is 735 g/mol. The van der Waals surface area contributed by atoms with Crippen LogP contribution in [0.5, 0.6) is 0 Å². The Morgan fingerprint density at radius 1 is 0.207 bits per heavy atom. The zero-order valence-electron chi connectivity index (χ0n) is 31.5. The van der Waals surface area contributed by atoms with Gasteiger partial charge in [-0.2, -0.15) is 0 Å². The molecule has 0 saturated carbocycles. The maximum atomic E-state index is 2.44. The first-order valence-corrected chi connectivity index (χ1v) is 20.1. The second kappa shape index (κ2) is 11.9. The number of rotatable bonds is 3. The summed E-state index contributed by atoms with van der Waals surface area (Å²) in [7, 11) is 0. The summed E-state index contributed by atoms with van der Waals surface area (Å²) in [6.45, 7) is 0. The summed E-state index contributed by atoms with van der Waals surface area (Å²) in [5, 5.41) is 17.8. The molecule has 0 aliphatic carbocycles. The SMILES string of the molecule is c1ccc(-n2c3ccccc3c3cc4ccc5cc(-c6ccc7c(c6)c6ccccc6n7-c6ccc7c8ccccc8c8ccccc8c7c6)ccc5c4cc32)cc1. The molecule has 0 fully saturated rings. The van der Waals surface area contributed by atoms with Crippen molar-refractivity contribution in [3.63, 3.8) is 0 Å². The Hall–Kier alpha value is -7.68. The lowest BCUT2D eigenvalue weighted by Gasteiger charge is -2.14. The molecular formula is C56H34N2. The second-order valence-electron chi connectivity index (χ2n) is 15.7. The quantitative estimate of drug-likeness (QED) is 0.160. The third-order valence-electron chi connectivity index (χ3n) is 12.6. The molecule has 0 atom stereocenters. The molecule has 13 aromatic rings. The van der Waals surface area contributed by atoms with Crippen LogP contribution in [0.15, 0.2) is 206 Å². The van der Waals surface area contributed by atoms with E-state index in [1.165, 1.54) is 120 Å². The van der Waals surface area contributed by atoms with Crippen LogP contribution in [0.4, 0.5) is 0 Å². The summed E-state index contributed by atoms with van der Waals surface area (Å²) in [5.74, 6) is 0. The van der Waals surface area contributed by atoms with Crippen molar-refractivity contribution in [2.24, 2.45) is 0 Å². The summed E-state index contributed by atoms with van der Waals surface area (Å²) in [6, 6.07) is 76.3. The van der Waals surface area contributed by atoms with Crippen molar-refractivity contribution in [3.05, 3.63) is 206 Å². The van der Waals surface area contributed by atoms with Gasteiger partial charge in [0.25, 0.3) is 0 Å². The van der Waals surface area contributed by atoms with Gasteiger partial charge in [0.2, 0.25) is 0 Å². The van der Waals surface area contributed by atoms with Gasteiger partial charge in [0, 0.05) is 32.9 Å². The van der Waals surface area contributed by atoms with Gasteiger partial charge in [0.05, 0.1) is 22.1 Å². The topological polar surface area (TPSA) is 9.86 Å². The third-order valence-corrected chi connectivity index (χ3v) is 12.6. The molecule has 0 radical (unpaired) electrons. The first-order valence-electron chi connectivity index (χ1n) is 20.1. The second-order valence-corrected chi connectivity index (χ2v) is 15.7. The lowest BCUT2D eigenvalue weighted by molar-refractivity contribution is 1.18. The molecule has 58 heavy (non-hydrogen) atoms. The van der Waals surface area contributed by atoms with Crippen molar-refractivity contribution >= 4 is 97.5 Å². The van der Waals surface area contributed by atoms with Gasteiger partial charge < -0.3 is 9.13 Å². The van der Waals surface area contributed by atoms with E-state index < -0.39 is 0 Å². The van der Waals surface area contributed by atoms with Crippen LogP contribution in [0.1, 0.15) is 0 Å². The van der Waals surface area contributed by atoms with Crippen LogP contribution in [0, 0.1) is 0 Å². The number of para-hydroxylation sites is 3. The number of nitrogens with zero attached hydrogens (tertiary/aromatic N) is 2. The van der Waals surface area contributed by atoms with Gasteiger partial charge in [-0.15, -0.1) is 0 Å². The zero-order chi connectivity index (χ0) is 37.9. The summed E-state index contributed by atoms with van der Waals surface area (Å²) in [5.41, 5.74) is 9.65. The molecular weight excluding hydrogens is 701 g/mol.